The van der Waals surface area contributed by atoms with E-state index in [1.54, 1.807) is 0 Å². The molecule has 0 aromatic carbocycles. The third-order valence-corrected chi connectivity index (χ3v) is 2.60. The highest BCUT2D eigenvalue weighted by Crippen LogP contribution is 2.25. The second-order valence-corrected chi connectivity index (χ2v) is 3.49. The van der Waals surface area contributed by atoms with Crippen LogP contribution >= 0.6 is 0 Å². The number of ether oxygens (including phenoxy) is 1. The summed E-state index contributed by atoms with van der Waals surface area (Å²) in [6.45, 7) is 1.36. The molecule has 0 radical (unpaired) electrons. The molecular weight excluding hydrogens is 172 g/mol. The van der Waals surface area contributed by atoms with Gasteiger partial charge in [0.05, 0.1) is 6.42 Å². The molecule has 1 aliphatic heterocycles. The van der Waals surface area contributed by atoms with Crippen molar-refractivity contribution >= 4 is 5.97 Å². The number of aliphatic hydroxyl groups is 1. The minimum Gasteiger partial charge on any atom is -0.481 e. The number of rotatable bonds is 4. The molecule has 1 unspecified atom stereocenters. The second kappa shape index (κ2) is 5.19. The van der Waals surface area contributed by atoms with E-state index in [9.17, 15) is 4.79 Å². The molecule has 0 aliphatic carbocycles. The first-order chi connectivity index (χ1) is 6.24. The normalized spacial score (nSPS) is 21.3. The first-order valence-corrected chi connectivity index (χ1v) is 4.64. The summed E-state index contributed by atoms with van der Waals surface area (Å²) in [6.07, 6.45) is 1.82. The average Bonchev–Trinajstić information content (AvgIpc) is 2.15. The summed E-state index contributed by atoms with van der Waals surface area (Å²) in [5.74, 6) is -0.609. The van der Waals surface area contributed by atoms with E-state index in [0.717, 1.165) is 12.8 Å². The van der Waals surface area contributed by atoms with Crippen LogP contribution in [0.15, 0.2) is 0 Å². The van der Waals surface area contributed by atoms with Crippen LogP contribution < -0.4 is 0 Å². The van der Waals surface area contributed by atoms with Gasteiger partial charge in [-0.1, -0.05) is 0 Å². The van der Waals surface area contributed by atoms with Crippen molar-refractivity contribution in [3.63, 3.8) is 0 Å². The van der Waals surface area contributed by atoms with Gasteiger partial charge >= 0.3 is 5.97 Å². The van der Waals surface area contributed by atoms with Gasteiger partial charge in [-0.25, -0.2) is 0 Å². The van der Waals surface area contributed by atoms with Crippen LogP contribution in [0.25, 0.3) is 0 Å². The molecule has 0 bridgehead atoms. The number of aliphatic carboxylic acids is 1. The maximum absolute atomic E-state index is 10.5. The Morgan fingerprint density at radius 1 is 1.46 bits per heavy atom. The molecule has 0 saturated carbocycles. The summed E-state index contributed by atoms with van der Waals surface area (Å²) in [5, 5.41) is 17.6. The molecule has 1 heterocycles. The lowest BCUT2D eigenvalue weighted by atomic mass is 9.84. The lowest BCUT2D eigenvalue weighted by Crippen LogP contribution is -2.27. The smallest absolute Gasteiger partial charge is 0.303 e. The lowest BCUT2D eigenvalue weighted by molar-refractivity contribution is -0.139. The van der Waals surface area contributed by atoms with E-state index in [0.29, 0.717) is 19.1 Å². The van der Waals surface area contributed by atoms with E-state index in [4.69, 9.17) is 14.9 Å². The molecular formula is C9H16O4. The highest BCUT2D eigenvalue weighted by atomic mass is 16.5. The van der Waals surface area contributed by atoms with E-state index in [1.165, 1.54) is 0 Å². The highest BCUT2D eigenvalue weighted by molar-refractivity contribution is 5.67. The van der Waals surface area contributed by atoms with Crippen molar-refractivity contribution < 1.29 is 19.7 Å². The van der Waals surface area contributed by atoms with Crippen LogP contribution in [0.3, 0.4) is 0 Å². The summed E-state index contributed by atoms with van der Waals surface area (Å²) in [4.78, 5) is 10.5. The number of carboxylic acid groups (broad SMARTS) is 1. The quantitative estimate of drug-likeness (QED) is 0.674. The molecule has 13 heavy (non-hydrogen) atoms. The van der Waals surface area contributed by atoms with Crippen LogP contribution in [0.4, 0.5) is 0 Å². The Bertz CT molecular complexity index is 163. The second-order valence-electron chi connectivity index (χ2n) is 3.49. The Labute approximate surface area is 77.5 Å². The predicted molar refractivity (Wildman–Crippen MR) is 46.4 cm³/mol. The average molecular weight is 188 g/mol. The Balaban J connectivity index is 2.39. The van der Waals surface area contributed by atoms with E-state index >= 15 is 0 Å². The van der Waals surface area contributed by atoms with Gasteiger partial charge in [0.1, 0.15) is 0 Å². The highest BCUT2D eigenvalue weighted by Gasteiger charge is 2.25. The van der Waals surface area contributed by atoms with Crippen LogP contribution in [0.2, 0.25) is 0 Å². The van der Waals surface area contributed by atoms with Crippen LogP contribution in [0, 0.1) is 11.8 Å². The van der Waals surface area contributed by atoms with Crippen molar-refractivity contribution in [1.82, 2.24) is 0 Å². The number of aliphatic hydroxyl groups excluding tert-OH is 1. The largest absolute Gasteiger partial charge is 0.481 e. The van der Waals surface area contributed by atoms with E-state index in [2.05, 4.69) is 0 Å². The summed E-state index contributed by atoms with van der Waals surface area (Å²) in [5.41, 5.74) is 0. The van der Waals surface area contributed by atoms with Crippen molar-refractivity contribution in [2.24, 2.45) is 11.8 Å². The molecule has 1 atom stereocenters. The van der Waals surface area contributed by atoms with Crippen LogP contribution in [-0.2, 0) is 9.53 Å². The summed E-state index contributed by atoms with van der Waals surface area (Å²) in [7, 11) is 0. The van der Waals surface area contributed by atoms with E-state index < -0.39 is 5.97 Å². The van der Waals surface area contributed by atoms with Crippen molar-refractivity contribution in [1.29, 1.82) is 0 Å². The lowest BCUT2D eigenvalue weighted by Gasteiger charge is -2.27. The minimum absolute atomic E-state index is 0.0308. The van der Waals surface area contributed by atoms with Gasteiger partial charge in [-0.15, -0.1) is 0 Å². The molecule has 0 amide bonds. The zero-order valence-electron chi connectivity index (χ0n) is 7.61. The zero-order chi connectivity index (χ0) is 9.68. The SMILES string of the molecule is O=C(O)CC(CO)C1CCOCC1. The monoisotopic (exact) mass is 188 g/mol. The van der Waals surface area contributed by atoms with Crippen molar-refractivity contribution in [3.05, 3.63) is 0 Å². The third kappa shape index (κ3) is 3.32. The minimum atomic E-state index is -0.828. The number of hydrogen-bond donors (Lipinski definition) is 2. The summed E-state index contributed by atoms with van der Waals surface area (Å²) >= 11 is 0. The van der Waals surface area contributed by atoms with Crippen molar-refractivity contribution in [2.45, 2.75) is 19.3 Å². The Hall–Kier alpha value is -0.610. The molecule has 1 aliphatic rings. The Morgan fingerprint density at radius 3 is 2.54 bits per heavy atom. The van der Waals surface area contributed by atoms with E-state index in [-0.39, 0.29) is 18.9 Å². The first kappa shape index (κ1) is 10.5. The molecule has 1 saturated heterocycles. The topological polar surface area (TPSA) is 66.8 Å². The van der Waals surface area contributed by atoms with Gasteiger partial charge in [0.2, 0.25) is 0 Å². The molecule has 0 aromatic rings. The van der Waals surface area contributed by atoms with Crippen molar-refractivity contribution in [2.75, 3.05) is 19.8 Å². The van der Waals surface area contributed by atoms with Gasteiger partial charge in [-0.05, 0) is 24.7 Å². The number of carboxylic acids is 1. The maximum atomic E-state index is 10.5. The fourth-order valence-electron chi connectivity index (χ4n) is 1.79. The van der Waals surface area contributed by atoms with Gasteiger partial charge in [-0.2, -0.15) is 0 Å². The molecule has 1 fully saturated rings. The Kier molecular flexibility index (Phi) is 4.18. The van der Waals surface area contributed by atoms with Gasteiger partial charge in [0.25, 0.3) is 0 Å². The number of hydrogen-bond acceptors (Lipinski definition) is 3. The molecule has 2 N–H and O–H groups in total. The molecule has 0 aromatic heterocycles. The van der Waals surface area contributed by atoms with Gasteiger partial charge < -0.3 is 14.9 Å². The molecule has 1 rings (SSSR count). The number of carbonyl (C=O) groups is 1. The molecule has 76 valence electrons. The first-order valence-electron chi connectivity index (χ1n) is 4.64. The molecule has 0 spiro atoms. The molecule has 4 heteroatoms. The fourth-order valence-corrected chi connectivity index (χ4v) is 1.79. The summed E-state index contributed by atoms with van der Waals surface area (Å²) in [6, 6.07) is 0. The summed E-state index contributed by atoms with van der Waals surface area (Å²) < 4.78 is 5.17. The van der Waals surface area contributed by atoms with Crippen molar-refractivity contribution in [3.8, 4) is 0 Å². The molecule has 4 nitrogen and oxygen atoms in total. The van der Waals surface area contributed by atoms with E-state index in [1.807, 2.05) is 0 Å². The Morgan fingerprint density at radius 2 is 2.08 bits per heavy atom. The fraction of sp³-hybridized carbons (Fsp3) is 0.889. The third-order valence-electron chi connectivity index (χ3n) is 2.60. The zero-order valence-corrected chi connectivity index (χ0v) is 7.61. The van der Waals surface area contributed by atoms with Crippen LogP contribution in [0.1, 0.15) is 19.3 Å². The maximum Gasteiger partial charge on any atom is 0.303 e. The van der Waals surface area contributed by atoms with Gasteiger partial charge in [0, 0.05) is 19.8 Å². The standard InChI is InChI=1S/C9H16O4/c10-6-8(5-9(11)12)7-1-3-13-4-2-7/h7-8,10H,1-6H2,(H,11,12). The van der Waals surface area contributed by atoms with Gasteiger partial charge in [0.15, 0.2) is 0 Å². The van der Waals surface area contributed by atoms with Crippen LogP contribution in [-0.4, -0.2) is 36.0 Å². The van der Waals surface area contributed by atoms with Crippen LogP contribution in [0.5, 0.6) is 0 Å². The predicted octanol–water partition coefficient (Wildman–Crippen LogP) is 0.496. The van der Waals surface area contributed by atoms with Gasteiger partial charge in [-0.3, -0.25) is 4.79 Å².